The van der Waals surface area contributed by atoms with E-state index in [4.69, 9.17) is 4.74 Å². The summed E-state index contributed by atoms with van der Waals surface area (Å²) >= 11 is 0. The van der Waals surface area contributed by atoms with Crippen molar-refractivity contribution >= 4 is 11.5 Å². The summed E-state index contributed by atoms with van der Waals surface area (Å²) in [6.45, 7) is 3.51. The van der Waals surface area contributed by atoms with Crippen LogP contribution in [0.3, 0.4) is 0 Å². The summed E-state index contributed by atoms with van der Waals surface area (Å²) in [6, 6.07) is 0. The van der Waals surface area contributed by atoms with Gasteiger partial charge in [0.15, 0.2) is 6.61 Å². The van der Waals surface area contributed by atoms with E-state index in [2.05, 4.69) is 21.0 Å². The van der Waals surface area contributed by atoms with E-state index >= 15 is 0 Å². The molecule has 8 heteroatoms. The molecule has 1 aliphatic carbocycles. The summed E-state index contributed by atoms with van der Waals surface area (Å²) in [6.07, 6.45) is 14.2. The lowest BCUT2D eigenvalue weighted by Crippen LogP contribution is -2.18. The Bertz CT molecular complexity index is 770. The van der Waals surface area contributed by atoms with Crippen LogP contribution >= 0.6 is 0 Å². The number of likely N-dealkylation sites (tertiary alicyclic amines) is 1. The second-order valence-electron chi connectivity index (χ2n) is 6.29. The second kappa shape index (κ2) is 8.57. The summed E-state index contributed by atoms with van der Waals surface area (Å²) in [5, 5.41) is 10.8. The van der Waals surface area contributed by atoms with Crippen LogP contribution in [0.2, 0.25) is 0 Å². The van der Waals surface area contributed by atoms with E-state index in [0.717, 1.165) is 18.0 Å². The summed E-state index contributed by atoms with van der Waals surface area (Å²) in [4.78, 5) is 21.3. The Hall–Kier alpha value is -2.74. The van der Waals surface area contributed by atoms with E-state index in [0.29, 0.717) is 12.2 Å². The molecule has 0 amide bonds. The third-order valence-corrected chi connectivity index (χ3v) is 4.48. The average molecular weight is 357 g/mol. The molecule has 0 saturated carbocycles. The zero-order chi connectivity index (χ0) is 18.4. The normalized spacial score (nSPS) is 19.4. The Labute approximate surface area is 152 Å². The highest BCUT2D eigenvalue weighted by Crippen LogP contribution is 2.16. The van der Waals surface area contributed by atoms with Crippen LogP contribution in [0.5, 0.6) is 0 Å². The van der Waals surface area contributed by atoms with E-state index in [9.17, 15) is 10.1 Å². The molecule has 26 heavy (non-hydrogen) atoms. The minimum Gasteiger partial charge on any atom is -0.484 e. The Morgan fingerprint density at radius 1 is 1.38 bits per heavy atom. The van der Waals surface area contributed by atoms with E-state index in [1.807, 2.05) is 24.4 Å². The first kappa shape index (κ1) is 18.1. The van der Waals surface area contributed by atoms with Gasteiger partial charge in [-0.1, -0.05) is 6.08 Å². The van der Waals surface area contributed by atoms with Gasteiger partial charge in [-0.2, -0.15) is 0 Å². The number of rotatable bonds is 7. The molecule has 3 rings (SSSR count). The first-order valence-electron chi connectivity index (χ1n) is 8.73. The van der Waals surface area contributed by atoms with E-state index in [-0.39, 0.29) is 12.4 Å². The van der Waals surface area contributed by atoms with Crippen molar-refractivity contribution in [3.63, 3.8) is 0 Å². The van der Waals surface area contributed by atoms with Crippen LogP contribution in [0.1, 0.15) is 25.1 Å². The monoisotopic (exact) mass is 357 g/mol. The highest BCUT2D eigenvalue weighted by atomic mass is 16.6. The predicted octanol–water partition coefficient (Wildman–Crippen LogP) is 2.74. The molecule has 0 N–H and O–H groups in total. The summed E-state index contributed by atoms with van der Waals surface area (Å²) in [5.41, 5.74) is 0.975. The number of aliphatic imine (C=N–C) groups is 1. The minimum absolute atomic E-state index is 0.0492. The predicted molar refractivity (Wildman–Crippen MR) is 98.7 cm³/mol. The van der Waals surface area contributed by atoms with Crippen molar-refractivity contribution in [1.29, 1.82) is 0 Å². The van der Waals surface area contributed by atoms with Gasteiger partial charge in [0.25, 0.3) is 0 Å². The molecule has 8 nitrogen and oxygen atoms in total. The summed E-state index contributed by atoms with van der Waals surface area (Å²) in [5.74, 6) is 1.18. The number of allylic oxidation sites excluding steroid dienone is 3. The van der Waals surface area contributed by atoms with Gasteiger partial charge >= 0.3 is 5.82 Å². The van der Waals surface area contributed by atoms with Gasteiger partial charge in [0.1, 0.15) is 12.0 Å². The van der Waals surface area contributed by atoms with Crippen molar-refractivity contribution in [3.05, 3.63) is 58.4 Å². The molecule has 1 aromatic rings. The Balaban J connectivity index is 1.46. The average Bonchev–Trinajstić information content (AvgIpc) is 3.28. The Morgan fingerprint density at radius 2 is 2.19 bits per heavy atom. The number of hydrogen-bond acceptors (Lipinski definition) is 6. The maximum absolute atomic E-state index is 10.8. The SMILES string of the molecule is Cn1c([N+](=O)[O-])cnc1COC1=CCC(=NC=CCN2CCCC2)C=C1. The largest absolute Gasteiger partial charge is 0.484 e. The highest BCUT2D eigenvalue weighted by molar-refractivity contribution is 5.97. The number of aromatic nitrogens is 2. The minimum atomic E-state index is -0.462. The molecule has 0 bridgehead atoms. The lowest BCUT2D eigenvalue weighted by Gasteiger charge is -2.10. The quantitative estimate of drug-likeness (QED) is 0.553. The smallest absolute Gasteiger partial charge is 0.342 e. The standard InChI is InChI=1S/C18H23N5O3/c1-21-17(20-13-18(21)23(24)25)14-26-16-7-5-15(6-8-16)19-9-4-12-22-10-2-3-11-22/h4-5,7-9,13H,2-3,6,10-12,14H2,1H3. The van der Waals surface area contributed by atoms with Crippen molar-refractivity contribution in [2.45, 2.75) is 25.9 Å². The maximum atomic E-state index is 10.8. The first-order valence-corrected chi connectivity index (χ1v) is 8.73. The molecule has 1 fully saturated rings. The molecular weight excluding hydrogens is 334 g/mol. The van der Waals surface area contributed by atoms with Gasteiger partial charge in [0, 0.05) is 24.9 Å². The zero-order valence-corrected chi connectivity index (χ0v) is 14.9. The maximum Gasteiger partial charge on any atom is 0.342 e. The van der Waals surface area contributed by atoms with Crippen molar-refractivity contribution in [3.8, 4) is 0 Å². The van der Waals surface area contributed by atoms with E-state index in [1.165, 1.54) is 36.7 Å². The number of nitrogens with zero attached hydrogens (tertiary/aromatic N) is 5. The van der Waals surface area contributed by atoms with Gasteiger partial charge in [-0.05, 0) is 49.1 Å². The van der Waals surface area contributed by atoms with Gasteiger partial charge < -0.3 is 14.9 Å². The van der Waals surface area contributed by atoms with Gasteiger partial charge in [-0.25, -0.2) is 9.55 Å². The molecule has 2 heterocycles. The van der Waals surface area contributed by atoms with E-state index < -0.39 is 4.92 Å². The van der Waals surface area contributed by atoms with Gasteiger partial charge in [-0.15, -0.1) is 0 Å². The lowest BCUT2D eigenvalue weighted by molar-refractivity contribution is -0.391. The molecule has 138 valence electrons. The van der Waals surface area contributed by atoms with Gasteiger partial charge in [-0.3, -0.25) is 9.89 Å². The molecule has 1 aliphatic heterocycles. The molecule has 0 spiro atoms. The number of ether oxygens (including phenoxy) is 1. The van der Waals surface area contributed by atoms with Crippen LogP contribution < -0.4 is 0 Å². The van der Waals surface area contributed by atoms with Crippen LogP contribution in [0.15, 0.2) is 47.5 Å². The highest BCUT2D eigenvalue weighted by Gasteiger charge is 2.17. The molecule has 0 radical (unpaired) electrons. The van der Waals surface area contributed by atoms with Crippen LogP contribution in [0, 0.1) is 10.1 Å². The summed E-state index contributed by atoms with van der Waals surface area (Å²) in [7, 11) is 1.61. The first-order chi connectivity index (χ1) is 12.6. The van der Waals surface area contributed by atoms with Crippen LogP contribution in [-0.4, -0.2) is 44.7 Å². The number of nitro groups is 1. The topological polar surface area (TPSA) is 85.8 Å². The molecule has 1 aromatic heterocycles. The van der Waals surface area contributed by atoms with Crippen LogP contribution in [0.4, 0.5) is 5.82 Å². The molecule has 0 atom stereocenters. The third kappa shape index (κ3) is 4.66. The zero-order valence-electron chi connectivity index (χ0n) is 14.9. The fraction of sp³-hybridized carbons (Fsp3) is 0.444. The fourth-order valence-corrected chi connectivity index (χ4v) is 2.92. The number of imidazole rings is 1. The van der Waals surface area contributed by atoms with Crippen molar-refractivity contribution in [2.24, 2.45) is 12.0 Å². The van der Waals surface area contributed by atoms with E-state index in [1.54, 1.807) is 7.05 Å². The Morgan fingerprint density at radius 3 is 2.85 bits per heavy atom. The molecule has 0 unspecified atom stereocenters. The van der Waals surface area contributed by atoms with Crippen LogP contribution in [0.25, 0.3) is 0 Å². The van der Waals surface area contributed by atoms with Gasteiger partial charge in [0.2, 0.25) is 5.82 Å². The third-order valence-electron chi connectivity index (χ3n) is 4.48. The summed E-state index contributed by atoms with van der Waals surface area (Å²) < 4.78 is 7.09. The lowest BCUT2D eigenvalue weighted by atomic mass is 10.1. The van der Waals surface area contributed by atoms with Crippen LogP contribution in [-0.2, 0) is 18.4 Å². The number of hydrogen-bond donors (Lipinski definition) is 0. The van der Waals surface area contributed by atoms with Crippen molar-refractivity contribution in [1.82, 2.24) is 14.5 Å². The second-order valence-corrected chi connectivity index (χ2v) is 6.29. The molecule has 2 aliphatic rings. The molecular formula is C18H23N5O3. The molecule has 1 saturated heterocycles. The van der Waals surface area contributed by atoms with Crippen molar-refractivity contribution in [2.75, 3.05) is 19.6 Å². The Kier molecular flexibility index (Phi) is 5.96. The molecule has 0 aromatic carbocycles. The fourth-order valence-electron chi connectivity index (χ4n) is 2.92. The van der Waals surface area contributed by atoms with Gasteiger partial charge in [0.05, 0.1) is 7.05 Å². The van der Waals surface area contributed by atoms with Crippen molar-refractivity contribution < 1.29 is 9.66 Å².